The SMILES string of the molecule is Cc1ccc(-c2ccc3c(c2)SCC3=O)cc1.Cc1ccc(-c2cccc3c2C(=O)CS3)cc1.Cc1ccc(-c2cccc3c2OCC3=O)cc1. The smallest absolute Gasteiger partial charge is 0.203 e. The van der Waals surface area contributed by atoms with E-state index in [0.29, 0.717) is 17.1 Å². The number of thioether (sulfide) groups is 2. The number of rotatable bonds is 3. The molecule has 3 heterocycles. The molecule has 0 bridgehead atoms. The summed E-state index contributed by atoms with van der Waals surface area (Å²) < 4.78 is 5.48. The average molecular weight is 705 g/mol. The highest BCUT2D eigenvalue weighted by Gasteiger charge is 2.25. The van der Waals surface area contributed by atoms with E-state index in [1.54, 1.807) is 23.5 Å². The van der Waals surface area contributed by atoms with E-state index in [1.807, 2.05) is 48.5 Å². The largest absolute Gasteiger partial charge is 0.484 e. The summed E-state index contributed by atoms with van der Waals surface area (Å²) in [6, 6.07) is 42.9. The van der Waals surface area contributed by atoms with Gasteiger partial charge in [0.1, 0.15) is 5.75 Å². The first kappa shape index (κ1) is 34.3. The van der Waals surface area contributed by atoms with Crippen LogP contribution in [0.2, 0.25) is 0 Å². The fourth-order valence-corrected chi connectivity index (χ4v) is 8.20. The molecule has 252 valence electrons. The molecule has 0 N–H and O–H groups in total. The summed E-state index contributed by atoms with van der Waals surface area (Å²) in [5, 5.41) is 0. The molecule has 6 heteroatoms. The van der Waals surface area contributed by atoms with Crippen molar-refractivity contribution in [1.29, 1.82) is 0 Å². The van der Waals surface area contributed by atoms with Gasteiger partial charge in [0.25, 0.3) is 0 Å². The van der Waals surface area contributed by atoms with Crippen LogP contribution in [0.5, 0.6) is 5.75 Å². The first-order valence-corrected chi connectivity index (χ1v) is 18.8. The van der Waals surface area contributed by atoms with Crippen LogP contribution in [0, 0.1) is 20.8 Å². The van der Waals surface area contributed by atoms with Crippen LogP contribution in [0.1, 0.15) is 47.8 Å². The van der Waals surface area contributed by atoms with Crippen LogP contribution in [-0.2, 0) is 0 Å². The lowest BCUT2D eigenvalue weighted by atomic mass is 9.97. The molecule has 0 aromatic heterocycles. The van der Waals surface area contributed by atoms with Crippen molar-refractivity contribution in [2.24, 2.45) is 0 Å². The fraction of sp³-hybridized carbons (Fsp3) is 0.133. The molecule has 0 atom stereocenters. The molecule has 0 aliphatic carbocycles. The molecule has 3 aliphatic rings. The van der Waals surface area contributed by atoms with Crippen LogP contribution < -0.4 is 4.74 Å². The van der Waals surface area contributed by atoms with Gasteiger partial charge in [-0.05, 0) is 72.9 Å². The van der Waals surface area contributed by atoms with Crippen LogP contribution in [0.4, 0.5) is 0 Å². The second kappa shape index (κ2) is 15.0. The van der Waals surface area contributed by atoms with Crippen LogP contribution in [0.15, 0.2) is 137 Å². The Kier molecular flexibility index (Phi) is 10.1. The van der Waals surface area contributed by atoms with Crippen molar-refractivity contribution in [2.75, 3.05) is 18.1 Å². The molecule has 3 aliphatic heterocycles. The normalized spacial score (nSPS) is 13.7. The highest BCUT2D eigenvalue weighted by molar-refractivity contribution is 8.00. The molecule has 6 aromatic rings. The maximum absolute atomic E-state index is 11.9. The molecular weight excluding hydrogens is 669 g/mol. The van der Waals surface area contributed by atoms with E-state index in [1.165, 1.54) is 27.8 Å². The molecule has 0 amide bonds. The predicted molar refractivity (Wildman–Crippen MR) is 210 cm³/mol. The summed E-state index contributed by atoms with van der Waals surface area (Å²) in [7, 11) is 0. The number of para-hydroxylation sites is 1. The Morgan fingerprint density at radius 3 is 1.63 bits per heavy atom. The lowest BCUT2D eigenvalue weighted by Gasteiger charge is -2.07. The highest BCUT2D eigenvalue weighted by atomic mass is 32.2. The van der Waals surface area contributed by atoms with E-state index in [0.717, 1.165) is 48.9 Å². The molecule has 6 aromatic carbocycles. The highest BCUT2D eigenvalue weighted by Crippen LogP contribution is 2.39. The summed E-state index contributed by atoms with van der Waals surface area (Å²) in [6.07, 6.45) is 0. The number of aryl methyl sites for hydroxylation is 3. The van der Waals surface area contributed by atoms with Gasteiger partial charge in [-0.15, -0.1) is 23.5 Å². The first-order valence-electron chi connectivity index (χ1n) is 16.8. The van der Waals surface area contributed by atoms with Gasteiger partial charge in [-0.25, -0.2) is 0 Å². The summed E-state index contributed by atoms with van der Waals surface area (Å²) in [5.41, 5.74) is 12.9. The minimum atomic E-state index is 0.0639. The number of Topliss-reactive ketones (excluding diaryl/α,β-unsaturated/α-hetero) is 3. The van der Waals surface area contributed by atoms with Crippen molar-refractivity contribution in [2.45, 2.75) is 30.6 Å². The molecule has 0 saturated carbocycles. The number of ketones is 3. The molecule has 0 unspecified atom stereocenters. The zero-order valence-electron chi connectivity index (χ0n) is 28.7. The van der Waals surface area contributed by atoms with Gasteiger partial charge < -0.3 is 4.74 Å². The maximum Gasteiger partial charge on any atom is 0.203 e. The Hall–Kier alpha value is -5.17. The van der Waals surface area contributed by atoms with E-state index in [2.05, 4.69) is 99.6 Å². The number of carbonyl (C=O) groups is 3. The number of carbonyl (C=O) groups excluding carboxylic acids is 3. The van der Waals surface area contributed by atoms with Gasteiger partial charge in [-0.3, -0.25) is 14.4 Å². The van der Waals surface area contributed by atoms with E-state index in [-0.39, 0.29) is 24.0 Å². The van der Waals surface area contributed by atoms with Crippen molar-refractivity contribution >= 4 is 40.9 Å². The van der Waals surface area contributed by atoms with E-state index >= 15 is 0 Å². The van der Waals surface area contributed by atoms with Crippen LogP contribution >= 0.6 is 23.5 Å². The lowest BCUT2D eigenvalue weighted by molar-refractivity contribution is 0.0959. The third-order valence-electron chi connectivity index (χ3n) is 9.08. The van der Waals surface area contributed by atoms with Crippen LogP contribution in [0.25, 0.3) is 33.4 Å². The predicted octanol–water partition coefficient (Wildman–Crippen LogP) is 11.1. The standard InChI is InChI=1S/C15H12O2.2C15H12OS/c1-10-5-7-11(8-6-10)12-3-2-4-13-14(16)9-17-15(12)13;1-10-2-4-11(5-3-10)12-6-7-13-14(16)9-17-15(13)8-12;1-10-5-7-11(8-6-10)12-3-2-4-14-15(12)13(16)9-17-14/h3*2-8H,9H2,1H3. The lowest BCUT2D eigenvalue weighted by Crippen LogP contribution is -1.98. The Balaban J connectivity index is 0.000000119. The number of hydrogen-bond donors (Lipinski definition) is 0. The third kappa shape index (κ3) is 7.48. The van der Waals surface area contributed by atoms with Crippen LogP contribution in [0.3, 0.4) is 0 Å². The van der Waals surface area contributed by atoms with Crippen molar-refractivity contribution in [3.05, 3.63) is 161 Å². The second-order valence-electron chi connectivity index (χ2n) is 12.8. The number of benzene rings is 6. The topological polar surface area (TPSA) is 60.4 Å². The van der Waals surface area contributed by atoms with Gasteiger partial charge >= 0.3 is 0 Å². The van der Waals surface area contributed by atoms with Crippen LogP contribution in [-0.4, -0.2) is 35.5 Å². The molecule has 4 nitrogen and oxygen atoms in total. The number of hydrogen-bond acceptors (Lipinski definition) is 6. The van der Waals surface area contributed by atoms with Crippen molar-refractivity contribution in [3.63, 3.8) is 0 Å². The second-order valence-corrected chi connectivity index (χ2v) is 14.8. The van der Waals surface area contributed by atoms with Gasteiger partial charge in [-0.2, -0.15) is 0 Å². The summed E-state index contributed by atoms with van der Waals surface area (Å²) in [5.74, 6) is 2.46. The molecule has 0 saturated heterocycles. The minimum Gasteiger partial charge on any atom is -0.484 e. The van der Waals surface area contributed by atoms with Gasteiger partial charge in [0.05, 0.1) is 17.1 Å². The fourth-order valence-electron chi connectivity index (χ4n) is 6.23. The molecule has 9 rings (SSSR count). The molecule has 0 radical (unpaired) electrons. The molecule has 51 heavy (non-hydrogen) atoms. The van der Waals surface area contributed by atoms with Gasteiger partial charge in [0.15, 0.2) is 18.2 Å². The number of fused-ring (bicyclic) bond motifs is 3. The van der Waals surface area contributed by atoms with Crippen molar-refractivity contribution in [3.8, 4) is 39.1 Å². The summed E-state index contributed by atoms with van der Waals surface area (Å²) >= 11 is 3.28. The van der Waals surface area contributed by atoms with Gasteiger partial charge in [-0.1, -0.05) is 120 Å². The quantitative estimate of drug-likeness (QED) is 0.183. The zero-order chi connectivity index (χ0) is 35.5. The van der Waals surface area contributed by atoms with E-state index in [9.17, 15) is 14.4 Å². The Morgan fingerprint density at radius 2 is 0.961 bits per heavy atom. The Labute approximate surface area is 307 Å². The third-order valence-corrected chi connectivity index (χ3v) is 11.2. The minimum absolute atomic E-state index is 0.0639. The summed E-state index contributed by atoms with van der Waals surface area (Å²) in [4.78, 5) is 37.3. The molecular formula is C45H36O4S2. The van der Waals surface area contributed by atoms with Gasteiger partial charge in [0, 0.05) is 26.5 Å². The Bertz CT molecular complexity index is 2270. The monoisotopic (exact) mass is 704 g/mol. The maximum atomic E-state index is 11.9. The first-order chi connectivity index (χ1) is 24.7. The van der Waals surface area contributed by atoms with Gasteiger partial charge in [0.2, 0.25) is 5.78 Å². The van der Waals surface area contributed by atoms with E-state index < -0.39 is 0 Å². The Morgan fingerprint density at radius 1 is 0.451 bits per heavy atom. The van der Waals surface area contributed by atoms with Crippen molar-refractivity contribution in [1.82, 2.24) is 0 Å². The van der Waals surface area contributed by atoms with Crippen molar-refractivity contribution < 1.29 is 19.1 Å². The summed E-state index contributed by atoms with van der Waals surface area (Å²) in [6.45, 7) is 6.37. The molecule has 0 fully saturated rings. The zero-order valence-corrected chi connectivity index (χ0v) is 30.3. The van der Waals surface area contributed by atoms with E-state index in [4.69, 9.17) is 4.74 Å². The molecule has 0 spiro atoms. The average Bonchev–Trinajstić information content (AvgIpc) is 3.85. The number of ether oxygens (including phenoxy) is 1.